The molecule has 0 aliphatic rings. The van der Waals surface area contributed by atoms with E-state index in [9.17, 15) is 0 Å². The minimum absolute atomic E-state index is 0.229. The van der Waals surface area contributed by atoms with Crippen LogP contribution in [0.15, 0.2) is 12.2 Å². The third-order valence-electron chi connectivity index (χ3n) is 3.14. The van der Waals surface area contributed by atoms with Gasteiger partial charge in [-0.1, -0.05) is 19.1 Å². The molecule has 5 N–H and O–H groups in total. The Morgan fingerprint density at radius 2 is 1.14 bits per heavy atom. The number of hydrogen-bond donors (Lipinski definition) is 5. The van der Waals surface area contributed by atoms with Gasteiger partial charge in [0.25, 0.3) is 0 Å². The second-order valence-corrected chi connectivity index (χ2v) is 5.12. The number of hydrogen-bond acceptors (Lipinski definition) is 5. The van der Waals surface area contributed by atoms with Crippen molar-refractivity contribution in [3.8, 4) is 0 Å². The lowest BCUT2D eigenvalue weighted by Crippen LogP contribution is -2.21. The molecule has 126 valence electrons. The van der Waals surface area contributed by atoms with Crippen molar-refractivity contribution in [1.82, 2.24) is 21.3 Å². The first-order valence-corrected chi connectivity index (χ1v) is 8.50. The third kappa shape index (κ3) is 19.5. The van der Waals surface area contributed by atoms with Gasteiger partial charge in [0.05, 0.1) is 6.61 Å². The van der Waals surface area contributed by atoms with Crippen molar-refractivity contribution >= 4 is 0 Å². The molecule has 0 aromatic rings. The SMILES string of the molecule is CCNCCCCNC/C=C/CNCCCCNCCO. The first-order chi connectivity index (χ1) is 10.4. The van der Waals surface area contributed by atoms with E-state index < -0.39 is 0 Å². The molecule has 21 heavy (non-hydrogen) atoms. The van der Waals surface area contributed by atoms with Gasteiger partial charge in [0.15, 0.2) is 0 Å². The summed E-state index contributed by atoms with van der Waals surface area (Å²) in [7, 11) is 0. The van der Waals surface area contributed by atoms with E-state index in [1.54, 1.807) is 0 Å². The third-order valence-corrected chi connectivity index (χ3v) is 3.14. The molecule has 0 saturated carbocycles. The van der Waals surface area contributed by atoms with Crippen molar-refractivity contribution in [2.45, 2.75) is 32.6 Å². The first kappa shape index (κ1) is 20.5. The van der Waals surface area contributed by atoms with E-state index in [1.165, 1.54) is 19.3 Å². The molecular formula is C16H36N4O. The highest BCUT2D eigenvalue weighted by Gasteiger charge is 1.89. The molecule has 5 nitrogen and oxygen atoms in total. The summed E-state index contributed by atoms with van der Waals surface area (Å²) in [6, 6.07) is 0. The van der Waals surface area contributed by atoms with E-state index >= 15 is 0 Å². The molecule has 0 unspecified atom stereocenters. The Kier molecular flexibility index (Phi) is 19.1. The minimum atomic E-state index is 0.229. The van der Waals surface area contributed by atoms with Crippen LogP contribution in [0.2, 0.25) is 0 Å². The van der Waals surface area contributed by atoms with E-state index in [4.69, 9.17) is 5.11 Å². The highest BCUT2D eigenvalue weighted by atomic mass is 16.3. The Hall–Kier alpha value is -0.460. The van der Waals surface area contributed by atoms with Crippen molar-refractivity contribution in [3.05, 3.63) is 12.2 Å². The molecule has 0 bridgehead atoms. The molecule has 0 aromatic heterocycles. The van der Waals surface area contributed by atoms with Crippen LogP contribution < -0.4 is 21.3 Å². The molecule has 5 heteroatoms. The van der Waals surface area contributed by atoms with Crippen LogP contribution in [-0.2, 0) is 0 Å². The van der Waals surface area contributed by atoms with Gasteiger partial charge in [-0.05, 0) is 58.4 Å². The predicted octanol–water partition coefficient (Wildman–Crippen LogP) is 0.474. The average molecular weight is 300 g/mol. The first-order valence-electron chi connectivity index (χ1n) is 8.50. The molecular weight excluding hydrogens is 264 g/mol. The quantitative estimate of drug-likeness (QED) is 0.200. The van der Waals surface area contributed by atoms with Gasteiger partial charge in [-0.15, -0.1) is 0 Å². The molecule has 0 aliphatic carbocycles. The number of nitrogens with one attached hydrogen (secondary N) is 4. The highest BCUT2D eigenvalue weighted by molar-refractivity contribution is 4.85. The zero-order valence-electron chi connectivity index (χ0n) is 13.8. The second kappa shape index (κ2) is 19.5. The standard InChI is InChI=1S/C16H36N4O/c1-2-17-9-3-4-10-18-11-5-6-12-19-13-7-8-14-20-15-16-21/h5-6,17-21H,2-4,7-16H2,1H3/b6-5+. The monoisotopic (exact) mass is 300 g/mol. The van der Waals surface area contributed by atoms with Crippen molar-refractivity contribution in [3.63, 3.8) is 0 Å². The molecule has 0 spiro atoms. The zero-order chi connectivity index (χ0) is 15.4. The molecule has 0 amide bonds. The summed E-state index contributed by atoms with van der Waals surface area (Å²) in [5.41, 5.74) is 0. The minimum Gasteiger partial charge on any atom is -0.395 e. The van der Waals surface area contributed by atoms with Crippen LogP contribution in [0.4, 0.5) is 0 Å². The van der Waals surface area contributed by atoms with Gasteiger partial charge >= 0.3 is 0 Å². The van der Waals surface area contributed by atoms with Crippen LogP contribution in [0.25, 0.3) is 0 Å². The fourth-order valence-electron chi connectivity index (χ4n) is 1.92. The van der Waals surface area contributed by atoms with Crippen LogP contribution in [0.3, 0.4) is 0 Å². The van der Waals surface area contributed by atoms with E-state index in [0.29, 0.717) is 6.54 Å². The Labute approximate surface area is 131 Å². The zero-order valence-corrected chi connectivity index (χ0v) is 13.8. The maximum absolute atomic E-state index is 8.60. The lowest BCUT2D eigenvalue weighted by atomic mass is 10.3. The Morgan fingerprint density at radius 3 is 1.62 bits per heavy atom. The van der Waals surface area contributed by atoms with Crippen molar-refractivity contribution < 1.29 is 5.11 Å². The van der Waals surface area contributed by atoms with Gasteiger partial charge in [-0.25, -0.2) is 0 Å². The fraction of sp³-hybridized carbons (Fsp3) is 0.875. The van der Waals surface area contributed by atoms with Crippen LogP contribution in [0.5, 0.6) is 0 Å². The van der Waals surface area contributed by atoms with Crippen LogP contribution in [0.1, 0.15) is 32.6 Å². The van der Waals surface area contributed by atoms with E-state index in [2.05, 4.69) is 40.3 Å². The fourth-order valence-corrected chi connectivity index (χ4v) is 1.92. The maximum Gasteiger partial charge on any atom is 0.0555 e. The summed E-state index contributed by atoms with van der Waals surface area (Å²) in [5.74, 6) is 0. The number of unbranched alkanes of at least 4 members (excludes halogenated alkanes) is 2. The van der Waals surface area contributed by atoms with Crippen molar-refractivity contribution in [2.24, 2.45) is 0 Å². The molecule has 0 fully saturated rings. The molecule has 0 saturated heterocycles. The lowest BCUT2D eigenvalue weighted by molar-refractivity contribution is 0.292. The number of aliphatic hydroxyl groups excluding tert-OH is 1. The summed E-state index contributed by atoms with van der Waals surface area (Å²) >= 11 is 0. The Bertz CT molecular complexity index is 212. The summed E-state index contributed by atoms with van der Waals surface area (Å²) < 4.78 is 0. The van der Waals surface area contributed by atoms with Gasteiger partial charge in [0, 0.05) is 19.6 Å². The molecule has 0 aliphatic heterocycles. The van der Waals surface area contributed by atoms with Gasteiger partial charge in [-0.3, -0.25) is 0 Å². The normalized spacial score (nSPS) is 11.5. The van der Waals surface area contributed by atoms with Crippen molar-refractivity contribution in [1.29, 1.82) is 0 Å². The molecule has 0 aromatic carbocycles. The van der Waals surface area contributed by atoms with E-state index in [-0.39, 0.29) is 6.61 Å². The van der Waals surface area contributed by atoms with Gasteiger partial charge < -0.3 is 26.4 Å². The second-order valence-electron chi connectivity index (χ2n) is 5.12. The molecule has 0 atom stereocenters. The van der Waals surface area contributed by atoms with Gasteiger partial charge in [0.2, 0.25) is 0 Å². The maximum atomic E-state index is 8.60. The summed E-state index contributed by atoms with van der Waals surface area (Å²) in [6.45, 7) is 10.4. The van der Waals surface area contributed by atoms with Crippen molar-refractivity contribution in [2.75, 3.05) is 59.0 Å². The Balaban J connectivity index is 3.02. The van der Waals surface area contributed by atoms with E-state index in [1.807, 2.05) is 0 Å². The Morgan fingerprint density at radius 1 is 0.667 bits per heavy atom. The van der Waals surface area contributed by atoms with E-state index in [0.717, 1.165) is 52.2 Å². The van der Waals surface area contributed by atoms with Crippen LogP contribution >= 0.6 is 0 Å². The predicted molar refractivity (Wildman–Crippen MR) is 91.8 cm³/mol. The van der Waals surface area contributed by atoms with Gasteiger partial charge in [0.1, 0.15) is 0 Å². The largest absolute Gasteiger partial charge is 0.395 e. The lowest BCUT2D eigenvalue weighted by Gasteiger charge is -2.04. The summed E-state index contributed by atoms with van der Waals surface area (Å²) in [5, 5.41) is 21.9. The van der Waals surface area contributed by atoms with Crippen LogP contribution in [0, 0.1) is 0 Å². The molecule has 0 heterocycles. The highest BCUT2D eigenvalue weighted by Crippen LogP contribution is 1.85. The van der Waals surface area contributed by atoms with Gasteiger partial charge in [-0.2, -0.15) is 0 Å². The van der Waals surface area contributed by atoms with Crippen LogP contribution in [-0.4, -0.2) is 64.1 Å². The molecule has 0 radical (unpaired) electrons. The smallest absolute Gasteiger partial charge is 0.0555 e. The molecule has 0 rings (SSSR count). The number of rotatable bonds is 17. The average Bonchev–Trinajstić information content (AvgIpc) is 2.50. The summed E-state index contributed by atoms with van der Waals surface area (Å²) in [4.78, 5) is 0. The summed E-state index contributed by atoms with van der Waals surface area (Å²) in [6.07, 6.45) is 9.21. The topological polar surface area (TPSA) is 68.3 Å². The number of aliphatic hydroxyl groups is 1.